The average Bonchev–Trinajstić information content (AvgIpc) is 3.01. The lowest BCUT2D eigenvalue weighted by molar-refractivity contribution is -0.122. The highest BCUT2D eigenvalue weighted by Gasteiger charge is 2.25. The van der Waals surface area contributed by atoms with E-state index in [9.17, 15) is 4.79 Å². The topological polar surface area (TPSA) is 115 Å². The van der Waals surface area contributed by atoms with E-state index < -0.39 is 0 Å². The summed E-state index contributed by atoms with van der Waals surface area (Å²) in [6.45, 7) is 2.10. The van der Waals surface area contributed by atoms with Crippen molar-refractivity contribution in [1.29, 1.82) is 0 Å². The third kappa shape index (κ3) is 3.51. The molecule has 3 N–H and O–H groups in total. The van der Waals surface area contributed by atoms with Crippen molar-refractivity contribution in [2.45, 2.75) is 19.4 Å². The maximum atomic E-state index is 11.4. The molecule has 0 radical (unpaired) electrons. The van der Waals surface area contributed by atoms with E-state index in [2.05, 4.69) is 46.2 Å². The van der Waals surface area contributed by atoms with Crippen LogP contribution in [0.25, 0.3) is 11.0 Å². The summed E-state index contributed by atoms with van der Waals surface area (Å²) >= 11 is 3.48. The van der Waals surface area contributed by atoms with Crippen LogP contribution in [0.15, 0.2) is 29.3 Å². The van der Waals surface area contributed by atoms with Crippen LogP contribution in [0.5, 0.6) is 0 Å². The van der Waals surface area contributed by atoms with Gasteiger partial charge in [-0.15, -0.1) is 0 Å². The molecule has 1 amide bonds. The van der Waals surface area contributed by atoms with E-state index >= 15 is 0 Å². The Morgan fingerprint density at radius 3 is 2.86 bits per heavy atom. The molecule has 1 aliphatic heterocycles. The van der Waals surface area contributed by atoms with Gasteiger partial charge in [0.15, 0.2) is 5.65 Å². The number of halogens is 1. The first-order chi connectivity index (χ1) is 13.5. The lowest BCUT2D eigenvalue weighted by atomic mass is 9.96. The van der Waals surface area contributed by atoms with Gasteiger partial charge < -0.3 is 16.0 Å². The Hall–Kier alpha value is -2.75. The fourth-order valence-electron chi connectivity index (χ4n) is 3.58. The number of pyridine rings is 1. The van der Waals surface area contributed by atoms with Crippen molar-refractivity contribution in [2.75, 3.05) is 23.3 Å². The Balaban J connectivity index is 1.54. The van der Waals surface area contributed by atoms with Gasteiger partial charge in [-0.1, -0.05) is 6.07 Å². The Kier molecular flexibility index (Phi) is 5.12. The quantitative estimate of drug-likeness (QED) is 0.616. The minimum absolute atomic E-state index is 0.0428. The molecule has 0 aliphatic carbocycles. The summed E-state index contributed by atoms with van der Waals surface area (Å²) in [5.74, 6) is 1.39. The zero-order valence-corrected chi connectivity index (χ0v) is 17.1. The van der Waals surface area contributed by atoms with Crippen molar-refractivity contribution in [3.05, 3.63) is 34.8 Å². The van der Waals surface area contributed by atoms with Crippen molar-refractivity contribution < 1.29 is 4.79 Å². The van der Waals surface area contributed by atoms with Gasteiger partial charge in [-0.05, 0) is 34.8 Å². The monoisotopic (exact) mass is 444 g/mol. The number of piperidine rings is 1. The molecule has 0 bridgehead atoms. The number of aryl methyl sites for hydroxylation is 1. The van der Waals surface area contributed by atoms with Crippen molar-refractivity contribution >= 4 is 44.5 Å². The summed E-state index contributed by atoms with van der Waals surface area (Å²) in [7, 11) is 1.85. The Morgan fingerprint density at radius 1 is 1.32 bits per heavy atom. The van der Waals surface area contributed by atoms with Gasteiger partial charge in [-0.25, -0.2) is 19.6 Å². The van der Waals surface area contributed by atoms with E-state index in [-0.39, 0.29) is 11.8 Å². The van der Waals surface area contributed by atoms with Gasteiger partial charge in [-0.3, -0.25) is 4.79 Å². The summed E-state index contributed by atoms with van der Waals surface area (Å²) in [4.78, 5) is 26.9. The number of primary amides is 1. The molecule has 28 heavy (non-hydrogen) atoms. The highest BCUT2D eigenvalue weighted by atomic mass is 79.9. The summed E-state index contributed by atoms with van der Waals surface area (Å²) in [5.41, 5.74) is 7.26. The highest BCUT2D eigenvalue weighted by molar-refractivity contribution is 9.10. The summed E-state index contributed by atoms with van der Waals surface area (Å²) < 4.78 is 2.41. The second kappa shape index (κ2) is 7.70. The molecule has 0 unspecified atom stereocenters. The maximum absolute atomic E-state index is 11.4. The Labute approximate surface area is 170 Å². The number of hydrogen-bond acceptors (Lipinski definition) is 7. The van der Waals surface area contributed by atoms with Crippen LogP contribution in [0.4, 0.5) is 11.6 Å². The molecule has 0 spiro atoms. The predicted molar refractivity (Wildman–Crippen MR) is 110 cm³/mol. The number of carbonyl (C=O) groups excluding carboxylic acids is 1. The number of nitrogens with zero attached hydrogens (tertiary/aromatic N) is 6. The minimum atomic E-state index is -0.211. The SMILES string of the molecule is Cn1nc(Br)c2c(NCc3cccnc3N3CCC(C(N)=O)CC3)ncnc21. The molecular formula is C18H21BrN8O. The van der Waals surface area contributed by atoms with E-state index in [4.69, 9.17) is 5.73 Å². The van der Waals surface area contributed by atoms with Gasteiger partial charge in [0.25, 0.3) is 0 Å². The molecule has 146 valence electrons. The molecule has 9 nitrogen and oxygen atoms in total. The van der Waals surface area contributed by atoms with Crippen LogP contribution >= 0.6 is 15.9 Å². The number of nitrogens with two attached hydrogens (primary N) is 1. The normalized spacial score (nSPS) is 15.1. The van der Waals surface area contributed by atoms with E-state index in [1.165, 1.54) is 6.33 Å². The van der Waals surface area contributed by atoms with Crippen molar-refractivity contribution in [2.24, 2.45) is 18.7 Å². The average molecular weight is 445 g/mol. The Morgan fingerprint density at radius 2 is 2.11 bits per heavy atom. The number of amides is 1. The minimum Gasteiger partial charge on any atom is -0.369 e. The van der Waals surface area contributed by atoms with Gasteiger partial charge in [0.1, 0.15) is 22.6 Å². The summed E-state index contributed by atoms with van der Waals surface area (Å²) in [6.07, 6.45) is 4.83. The van der Waals surface area contributed by atoms with Crippen LogP contribution in [0, 0.1) is 5.92 Å². The van der Waals surface area contributed by atoms with Crippen molar-refractivity contribution in [3.8, 4) is 0 Å². The molecule has 1 saturated heterocycles. The number of nitrogens with one attached hydrogen (secondary N) is 1. The largest absolute Gasteiger partial charge is 0.369 e. The second-order valence-corrected chi connectivity index (χ2v) is 7.59. The molecule has 0 saturated carbocycles. The smallest absolute Gasteiger partial charge is 0.220 e. The molecule has 3 aromatic rings. The van der Waals surface area contributed by atoms with Gasteiger partial charge in [0.2, 0.25) is 5.91 Å². The fraction of sp³-hybridized carbons (Fsp3) is 0.389. The maximum Gasteiger partial charge on any atom is 0.220 e. The third-order valence-electron chi connectivity index (χ3n) is 5.09. The van der Waals surface area contributed by atoms with Crippen LogP contribution in [-0.2, 0) is 18.4 Å². The summed E-state index contributed by atoms with van der Waals surface area (Å²) in [5, 5.41) is 8.59. The number of fused-ring (bicyclic) bond motifs is 1. The highest BCUT2D eigenvalue weighted by Crippen LogP contribution is 2.28. The Bertz CT molecular complexity index is 1010. The molecule has 4 heterocycles. The summed E-state index contributed by atoms with van der Waals surface area (Å²) in [6, 6.07) is 3.97. The van der Waals surface area contributed by atoms with E-state index in [0.29, 0.717) is 17.0 Å². The van der Waals surface area contributed by atoms with Gasteiger partial charge in [-0.2, -0.15) is 5.10 Å². The van der Waals surface area contributed by atoms with E-state index in [1.54, 1.807) is 10.9 Å². The predicted octanol–water partition coefficient (Wildman–Crippen LogP) is 1.83. The number of aromatic nitrogens is 5. The molecule has 1 aliphatic rings. The lowest BCUT2D eigenvalue weighted by Crippen LogP contribution is -2.39. The second-order valence-electron chi connectivity index (χ2n) is 6.84. The first-order valence-corrected chi connectivity index (χ1v) is 9.89. The zero-order valence-electron chi connectivity index (χ0n) is 15.5. The number of hydrogen-bond donors (Lipinski definition) is 2. The van der Waals surface area contributed by atoms with Crippen LogP contribution in [0.3, 0.4) is 0 Å². The van der Waals surface area contributed by atoms with Crippen molar-refractivity contribution in [1.82, 2.24) is 24.7 Å². The van der Waals surface area contributed by atoms with Gasteiger partial charge >= 0.3 is 0 Å². The molecule has 4 rings (SSSR count). The molecule has 1 fully saturated rings. The molecular weight excluding hydrogens is 424 g/mol. The molecule has 0 atom stereocenters. The van der Waals surface area contributed by atoms with Crippen molar-refractivity contribution in [3.63, 3.8) is 0 Å². The third-order valence-corrected chi connectivity index (χ3v) is 5.64. The van der Waals surface area contributed by atoms with Gasteiger partial charge in [0, 0.05) is 44.4 Å². The van der Waals surface area contributed by atoms with Crippen LogP contribution in [0.2, 0.25) is 0 Å². The fourth-order valence-corrected chi connectivity index (χ4v) is 4.19. The first kappa shape index (κ1) is 18.6. The standard InChI is InChI=1S/C18H21BrN8O/c1-26-18-13(14(19)25-26)16(23-10-24-18)22-9-12-3-2-6-21-17(12)27-7-4-11(5-8-27)15(20)28/h2-3,6,10-11H,4-5,7-9H2,1H3,(H2,20,28)(H,22,23,24). The van der Waals surface area contributed by atoms with Crippen LogP contribution < -0.4 is 16.0 Å². The first-order valence-electron chi connectivity index (χ1n) is 9.10. The number of rotatable bonds is 5. The molecule has 0 aromatic carbocycles. The van der Waals surface area contributed by atoms with Gasteiger partial charge in [0.05, 0.1) is 5.39 Å². The molecule has 10 heteroatoms. The van der Waals surface area contributed by atoms with Crippen LogP contribution in [-0.4, -0.2) is 43.7 Å². The zero-order chi connectivity index (χ0) is 19.7. The number of carbonyl (C=O) groups is 1. The lowest BCUT2D eigenvalue weighted by Gasteiger charge is -2.32. The van der Waals surface area contributed by atoms with E-state index in [0.717, 1.165) is 48.3 Å². The van der Waals surface area contributed by atoms with E-state index in [1.807, 2.05) is 19.2 Å². The number of anilines is 2. The molecule has 3 aromatic heterocycles. The van der Waals surface area contributed by atoms with Crippen LogP contribution in [0.1, 0.15) is 18.4 Å².